The van der Waals surface area contributed by atoms with Crippen LogP contribution in [0.5, 0.6) is 0 Å². The third kappa shape index (κ3) is 5.80. The molecule has 1 aliphatic rings. The van der Waals surface area contributed by atoms with Crippen molar-refractivity contribution in [3.63, 3.8) is 0 Å². The van der Waals surface area contributed by atoms with Crippen LogP contribution in [0, 0.1) is 0 Å². The van der Waals surface area contributed by atoms with Gasteiger partial charge in [-0.2, -0.15) is 0 Å². The fraction of sp³-hybridized carbons (Fsp3) is 0.650. The quantitative estimate of drug-likeness (QED) is 0.795. The molecule has 0 radical (unpaired) electrons. The molecular weight excluding hydrogens is 314 g/mol. The zero-order chi connectivity index (χ0) is 18.7. The topological polar surface area (TPSA) is 53.6 Å². The Hall–Kier alpha value is -1.43. The van der Waals surface area contributed by atoms with E-state index in [0.717, 1.165) is 25.1 Å². The monoisotopic (exact) mass is 347 g/mol. The molecule has 1 saturated heterocycles. The minimum Gasteiger partial charge on any atom is -0.368 e. The lowest BCUT2D eigenvalue weighted by Crippen LogP contribution is -2.42. The molecule has 0 bridgehead atoms. The van der Waals surface area contributed by atoms with Gasteiger partial charge in [0.25, 0.3) is 5.91 Å². The molecule has 1 aromatic rings. The molecule has 5 nitrogen and oxygen atoms in total. The van der Waals surface area contributed by atoms with Crippen molar-refractivity contribution >= 4 is 5.91 Å². The van der Waals surface area contributed by atoms with Crippen LogP contribution in [0.25, 0.3) is 0 Å². The predicted molar refractivity (Wildman–Crippen MR) is 102 cm³/mol. The summed E-state index contributed by atoms with van der Waals surface area (Å²) >= 11 is 0. The van der Waals surface area contributed by atoms with Crippen LogP contribution in [0.4, 0.5) is 0 Å². The van der Waals surface area contributed by atoms with Gasteiger partial charge in [0, 0.05) is 31.2 Å². The van der Waals surface area contributed by atoms with E-state index in [0.29, 0.717) is 18.2 Å². The Bertz CT molecular complexity index is 596. The third-order valence-corrected chi connectivity index (χ3v) is 4.66. The molecule has 0 aliphatic carbocycles. The molecule has 1 aliphatic heterocycles. The van der Waals surface area contributed by atoms with Gasteiger partial charge in [-0.05, 0) is 65.9 Å². The van der Waals surface area contributed by atoms with Gasteiger partial charge >= 0.3 is 0 Å². The highest BCUT2D eigenvalue weighted by Crippen LogP contribution is 2.37. The Morgan fingerprint density at radius 1 is 1.28 bits per heavy atom. The third-order valence-electron chi connectivity index (χ3n) is 4.66. The van der Waals surface area contributed by atoms with Crippen molar-refractivity contribution in [3.05, 3.63) is 35.4 Å². The number of nitrogens with zero attached hydrogens (tertiary/aromatic N) is 1. The number of likely N-dealkylation sites (N-methyl/N-ethyl adjacent to an activating group) is 1. The molecule has 1 heterocycles. The van der Waals surface area contributed by atoms with Crippen LogP contribution in [-0.4, -0.2) is 55.2 Å². The van der Waals surface area contributed by atoms with E-state index in [9.17, 15) is 4.79 Å². The number of amides is 1. The standard InChI is InChI=1S/C20H33N3O2/c1-19(2)13-17(20(3,4)25-19)22-14-15-8-7-9-16(12-15)18(24)21-10-11-23(5)6/h7-9,12,17,22H,10-11,13-14H2,1-6H3,(H,21,24). The first-order chi connectivity index (χ1) is 11.6. The van der Waals surface area contributed by atoms with Gasteiger partial charge in [-0.15, -0.1) is 0 Å². The second-order valence-electron chi connectivity index (χ2n) is 8.36. The number of hydrogen-bond acceptors (Lipinski definition) is 4. The Morgan fingerprint density at radius 2 is 2.00 bits per heavy atom. The summed E-state index contributed by atoms with van der Waals surface area (Å²) in [6, 6.07) is 8.11. The van der Waals surface area contributed by atoms with Crippen molar-refractivity contribution in [1.29, 1.82) is 0 Å². The second-order valence-corrected chi connectivity index (χ2v) is 8.36. The number of carbonyl (C=O) groups excluding carboxylic acids is 1. The number of rotatable bonds is 7. The van der Waals surface area contributed by atoms with Crippen molar-refractivity contribution in [1.82, 2.24) is 15.5 Å². The van der Waals surface area contributed by atoms with Gasteiger partial charge in [-0.3, -0.25) is 4.79 Å². The van der Waals surface area contributed by atoms with E-state index in [1.807, 2.05) is 37.2 Å². The summed E-state index contributed by atoms with van der Waals surface area (Å²) in [6.07, 6.45) is 0.977. The molecule has 5 heteroatoms. The van der Waals surface area contributed by atoms with Gasteiger partial charge < -0.3 is 20.3 Å². The number of hydrogen-bond donors (Lipinski definition) is 2. The molecule has 0 saturated carbocycles. The van der Waals surface area contributed by atoms with Crippen molar-refractivity contribution in [2.24, 2.45) is 0 Å². The van der Waals surface area contributed by atoms with Crippen LogP contribution >= 0.6 is 0 Å². The molecule has 1 fully saturated rings. The number of ether oxygens (including phenoxy) is 1. The summed E-state index contributed by atoms with van der Waals surface area (Å²) in [6.45, 7) is 10.7. The smallest absolute Gasteiger partial charge is 0.251 e. The summed E-state index contributed by atoms with van der Waals surface area (Å²) in [5.74, 6) is -0.0191. The van der Waals surface area contributed by atoms with Crippen LogP contribution in [-0.2, 0) is 11.3 Å². The van der Waals surface area contributed by atoms with Gasteiger partial charge in [0.1, 0.15) is 0 Å². The van der Waals surface area contributed by atoms with E-state index in [4.69, 9.17) is 4.74 Å². The van der Waals surface area contributed by atoms with Gasteiger partial charge in [0.15, 0.2) is 0 Å². The van der Waals surface area contributed by atoms with Crippen LogP contribution < -0.4 is 10.6 Å². The zero-order valence-corrected chi connectivity index (χ0v) is 16.5. The SMILES string of the molecule is CN(C)CCNC(=O)c1cccc(CNC2CC(C)(C)OC2(C)C)c1. The molecule has 25 heavy (non-hydrogen) atoms. The normalized spacial score (nSPS) is 21.5. The molecule has 1 atom stereocenters. The van der Waals surface area contributed by atoms with E-state index >= 15 is 0 Å². The number of carbonyl (C=O) groups is 1. The summed E-state index contributed by atoms with van der Waals surface area (Å²) in [4.78, 5) is 14.3. The zero-order valence-electron chi connectivity index (χ0n) is 16.5. The van der Waals surface area contributed by atoms with Crippen molar-refractivity contribution in [2.45, 2.75) is 57.9 Å². The lowest BCUT2D eigenvalue weighted by atomic mass is 9.94. The first kappa shape index (κ1) is 19.9. The second kappa shape index (κ2) is 7.85. The largest absolute Gasteiger partial charge is 0.368 e. The van der Waals surface area contributed by atoms with Crippen molar-refractivity contribution < 1.29 is 9.53 Å². The summed E-state index contributed by atoms with van der Waals surface area (Å²) in [7, 11) is 3.99. The first-order valence-corrected chi connectivity index (χ1v) is 9.04. The maximum Gasteiger partial charge on any atom is 0.251 e. The fourth-order valence-corrected chi connectivity index (χ4v) is 3.44. The highest BCUT2D eigenvalue weighted by molar-refractivity contribution is 5.94. The first-order valence-electron chi connectivity index (χ1n) is 9.04. The summed E-state index contributed by atoms with van der Waals surface area (Å²) in [5.41, 5.74) is 1.53. The highest BCUT2D eigenvalue weighted by atomic mass is 16.5. The average molecular weight is 348 g/mol. The molecule has 0 aromatic heterocycles. The van der Waals surface area contributed by atoms with Gasteiger partial charge in [0.05, 0.1) is 11.2 Å². The predicted octanol–water partition coefficient (Wildman–Crippen LogP) is 2.41. The molecule has 2 rings (SSSR count). The van der Waals surface area contributed by atoms with Gasteiger partial charge in [-0.1, -0.05) is 12.1 Å². The van der Waals surface area contributed by atoms with E-state index < -0.39 is 0 Å². The Balaban J connectivity index is 1.92. The number of nitrogens with one attached hydrogen (secondary N) is 2. The molecule has 0 spiro atoms. The van der Waals surface area contributed by atoms with Crippen molar-refractivity contribution in [2.75, 3.05) is 27.2 Å². The highest BCUT2D eigenvalue weighted by Gasteiger charge is 2.45. The molecule has 1 aromatic carbocycles. The minimum absolute atomic E-state index is 0.0191. The van der Waals surface area contributed by atoms with E-state index in [2.05, 4.69) is 44.4 Å². The maximum absolute atomic E-state index is 12.3. The Labute approximate surface area is 152 Å². The summed E-state index contributed by atoms with van der Waals surface area (Å²) < 4.78 is 6.13. The van der Waals surface area contributed by atoms with Crippen LogP contribution in [0.2, 0.25) is 0 Å². The molecular formula is C20H33N3O2. The van der Waals surface area contributed by atoms with Gasteiger partial charge in [-0.25, -0.2) is 0 Å². The molecule has 1 unspecified atom stereocenters. The van der Waals surface area contributed by atoms with E-state index in [1.54, 1.807) is 0 Å². The van der Waals surface area contributed by atoms with E-state index in [1.165, 1.54) is 0 Å². The average Bonchev–Trinajstić information content (AvgIpc) is 2.72. The number of benzene rings is 1. The molecule has 2 N–H and O–H groups in total. The summed E-state index contributed by atoms with van der Waals surface area (Å²) in [5, 5.41) is 6.56. The van der Waals surface area contributed by atoms with Crippen LogP contribution in [0.1, 0.15) is 50.0 Å². The van der Waals surface area contributed by atoms with Crippen LogP contribution in [0.15, 0.2) is 24.3 Å². The van der Waals surface area contributed by atoms with Gasteiger partial charge in [0.2, 0.25) is 0 Å². The lowest BCUT2D eigenvalue weighted by molar-refractivity contribution is -0.0699. The molecule has 140 valence electrons. The Kier molecular flexibility index (Phi) is 6.25. The van der Waals surface area contributed by atoms with E-state index in [-0.39, 0.29) is 17.1 Å². The van der Waals surface area contributed by atoms with Crippen LogP contribution in [0.3, 0.4) is 0 Å². The maximum atomic E-state index is 12.3. The van der Waals surface area contributed by atoms with Crippen molar-refractivity contribution in [3.8, 4) is 0 Å². The molecule has 1 amide bonds. The fourth-order valence-electron chi connectivity index (χ4n) is 3.44. The minimum atomic E-state index is -0.190. The Morgan fingerprint density at radius 3 is 2.60 bits per heavy atom. The lowest BCUT2D eigenvalue weighted by Gasteiger charge is -2.28.